The summed E-state index contributed by atoms with van der Waals surface area (Å²) in [5.41, 5.74) is 8.99. The molecule has 0 saturated carbocycles. The van der Waals surface area contributed by atoms with Gasteiger partial charge < -0.3 is 15.6 Å². The first-order chi connectivity index (χ1) is 8.75. The molecule has 4 heteroatoms. The van der Waals surface area contributed by atoms with E-state index < -0.39 is 0 Å². The molecule has 18 heavy (non-hydrogen) atoms. The number of benzene rings is 1. The van der Waals surface area contributed by atoms with Crippen molar-refractivity contribution >= 4 is 11.4 Å². The molecule has 96 valence electrons. The molecule has 0 fully saturated rings. The van der Waals surface area contributed by atoms with Crippen LogP contribution in [0.4, 0.5) is 11.4 Å². The van der Waals surface area contributed by atoms with Crippen molar-refractivity contribution in [1.29, 1.82) is 0 Å². The molecule has 0 bridgehead atoms. The van der Waals surface area contributed by atoms with E-state index in [-0.39, 0.29) is 0 Å². The maximum absolute atomic E-state index is 5.91. The number of aromatic nitrogens is 2. The zero-order chi connectivity index (χ0) is 12.8. The molecule has 4 nitrogen and oxygen atoms in total. The number of imidazole rings is 1. The van der Waals surface area contributed by atoms with Crippen LogP contribution in [0.3, 0.4) is 0 Å². The van der Waals surface area contributed by atoms with E-state index in [1.165, 1.54) is 5.56 Å². The fourth-order valence-corrected chi connectivity index (χ4v) is 1.88. The normalized spacial score (nSPS) is 10.5. The van der Waals surface area contributed by atoms with Crippen LogP contribution in [0.15, 0.2) is 36.9 Å². The van der Waals surface area contributed by atoms with Gasteiger partial charge >= 0.3 is 0 Å². The van der Waals surface area contributed by atoms with Crippen LogP contribution in [0, 0.1) is 6.92 Å². The van der Waals surface area contributed by atoms with Crippen LogP contribution >= 0.6 is 0 Å². The molecule has 1 aromatic heterocycles. The van der Waals surface area contributed by atoms with E-state index in [4.69, 9.17) is 5.73 Å². The first-order valence-corrected chi connectivity index (χ1v) is 6.31. The zero-order valence-corrected chi connectivity index (χ0v) is 10.8. The molecule has 1 aromatic carbocycles. The molecule has 0 amide bonds. The van der Waals surface area contributed by atoms with Crippen molar-refractivity contribution < 1.29 is 0 Å². The summed E-state index contributed by atoms with van der Waals surface area (Å²) in [6.45, 7) is 4.04. The standard InChI is InChI=1S/C14H20N4/c1-12-4-5-13(15)14(10-12)17-6-2-3-8-18-9-7-16-11-18/h4-5,7,9-11,17H,2-3,6,8,15H2,1H3. The second-order valence-electron chi connectivity index (χ2n) is 4.53. The van der Waals surface area contributed by atoms with Crippen LogP contribution in [-0.4, -0.2) is 16.1 Å². The molecule has 0 radical (unpaired) electrons. The minimum absolute atomic E-state index is 0.815. The predicted molar refractivity (Wildman–Crippen MR) is 75.5 cm³/mol. The summed E-state index contributed by atoms with van der Waals surface area (Å²) in [5.74, 6) is 0. The zero-order valence-electron chi connectivity index (χ0n) is 10.8. The summed E-state index contributed by atoms with van der Waals surface area (Å²) < 4.78 is 2.10. The molecule has 2 aromatic rings. The Hall–Kier alpha value is -1.97. The lowest BCUT2D eigenvalue weighted by Crippen LogP contribution is -2.05. The van der Waals surface area contributed by atoms with Gasteiger partial charge in [-0.2, -0.15) is 0 Å². The van der Waals surface area contributed by atoms with Gasteiger partial charge in [0.2, 0.25) is 0 Å². The molecule has 0 aliphatic carbocycles. The highest BCUT2D eigenvalue weighted by atomic mass is 15.0. The highest BCUT2D eigenvalue weighted by molar-refractivity contribution is 5.66. The van der Waals surface area contributed by atoms with E-state index in [1.807, 2.05) is 30.9 Å². The summed E-state index contributed by atoms with van der Waals surface area (Å²) in [6, 6.07) is 6.06. The van der Waals surface area contributed by atoms with Gasteiger partial charge in [0.1, 0.15) is 0 Å². The van der Waals surface area contributed by atoms with Crippen molar-refractivity contribution in [3.05, 3.63) is 42.5 Å². The van der Waals surface area contributed by atoms with Crippen LogP contribution < -0.4 is 11.1 Å². The maximum Gasteiger partial charge on any atom is 0.0945 e. The molecular formula is C14H20N4. The number of hydrogen-bond acceptors (Lipinski definition) is 3. The fourth-order valence-electron chi connectivity index (χ4n) is 1.88. The Morgan fingerprint density at radius 3 is 3.00 bits per heavy atom. The number of nitrogens with zero attached hydrogens (tertiary/aromatic N) is 2. The minimum Gasteiger partial charge on any atom is -0.397 e. The Kier molecular flexibility index (Phi) is 4.23. The average molecular weight is 244 g/mol. The largest absolute Gasteiger partial charge is 0.397 e. The van der Waals surface area contributed by atoms with Gasteiger partial charge in [0.15, 0.2) is 0 Å². The second-order valence-corrected chi connectivity index (χ2v) is 4.53. The summed E-state index contributed by atoms with van der Waals surface area (Å²) >= 11 is 0. The minimum atomic E-state index is 0.815. The molecule has 0 unspecified atom stereocenters. The Bertz CT molecular complexity index is 477. The topological polar surface area (TPSA) is 55.9 Å². The number of rotatable bonds is 6. The first-order valence-electron chi connectivity index (χ1n) is 6.31. The molecule has 0 aliphatic rings. The van der Waals surface area contributed by atoms with E-state index >= 15 is 0 Å². The molecule has 0 atom stereocenters. The SMILES string of the molecule is Cc1ccc(N)c(NCCCCn2ccnc2)c1. The van der Waals surface area contributed by atoms with Gasteiger partial charge in [-0.25, -0.2) is 4.98 Å². The lowest BCUT2D eigenvalue weighted by molar-refractivity contribution is 0.621. The average Bonchev–Trinajstić information content (AvgIpc) is 2.86. The van der Waals surface area contributed by atoms with Crippen molar-refractivity contribution in [3.8, 4) is 0 Å². The number of anilines is 2. The number of hydrogen-bond donors (Lipinski definition) is 2. The van der Waals surface area contributed by atoms with Crippen LogP contribution in [-0.2, 0) is 6.54 Å². The van der Waals surface area contributed by atoms with Gasteiger partial charge in [0.05, 0.1) is 17.7 Å². The number of aryl methyl sites for hydroxylation is 2. The molecule has 1 heterocycles. The van der Waals surface area contributed by atoms with Crippen molar-refractivity contribution in [1.82, 2.24) is 9.55 Å². The van der Waals surface area contributed by atoms with Crippen LogP contribution in [0.2, 0.25) is 0 Å². The third-order valence-electron chi connectivity index (χ3n) is 2.93. The van der Waals surface area contributed by atoms with Crippen LogP contribution in [0.25, 0.3) is 0 Å². The lowest BCUT2D eigenvalue weighted by Gasteiger charge is -2.10. The number of nitrogens with one attached hydrogen (secondary N) is 1. The van der Waals surface area contributed by atoms with Crippen molar-refractivity contribution in [3.63, 3.8) is 0 Å². The quantitative estimate of drug-likeness (QED) is 0.606. The van der Waals surface area contributed by atoms with Gasteiger partial charge in [-0.1, -0.05) is 6.07 Å². The summed E-state index contributed by atoms with van der Waals surface area (Å²) in [6.07, 6.45) is 7.91. The second kappa shape index (κ2) is 6.10. The molecule has 3 N–H and O–H groups in total. The monoisotopic (exact) mass is 244 g/mol. The van der Waals surface area contributed by atoms with Crippen molar-refractivity contribution in [2.24, 2.45) is 0 Å². The van der Waals surface area contributed by atoms with Crippen LogP contribution in [0.5, 0.6) is 0 Å². The molecule has 0 aliphatic heterocycles. The Balaban J connectivity index is 1.70. The van der Waals surface area contributed by atoms with E-state index in [0.717, 1.165) is 37.3 Å². The van der Waals surface area contributed by atoms with E-state index in [9.17, 15) is 0 Å². The van der Waals surface area contributed by atoms with Gasteiger partial charge in [-0.3, -0.25) is 0 Å². The maximum atomic E-state index is 5.91. The highest BCUT2D eigenvalue weighted by Gasteiger charge is 1.98. The number of unbranched alkanes of at least 4 members (excludes halogenated alkanes) is 1. The Morgan fingerprint density at radius 2 is 2.22 bits per heavy atom. The van der Waals surface area contributed by atoms with E-state index in [1.54, 1.807) is 0 Å². The summed E-state index contributed by atoms with van der Waals surface area (Å²) in [5, 5.41) is 3.38. The molecular weight excluding hydrogens is 224 g/mol. The van der Waals surface area contributed by atoms with Gasteiger partial charge in [-0.05, 0) is 37.5 Å². The smallest absolute Gasteiger partial charge is 0.0945 e. The molecule has 0 spiro atoms. The number of nitrogen functional groups attached to an aromatic ring is 1. The van der Waals surface area contributed by atoms with Gasteiger partial charge in [0, 0.05) is 25.5 Å². The first kappa shape index (κ1) is 12.5. The number of nitrogens with two attached hydrogens (primary N) is 1. The summed E-state index contributed by atoms with van der Waals surface area (Å²) in [7, 11) is 0. The Labute approximate surface area is 108 Å². The summed E-state index contributed by atoms with van der Waals surface area (Å²) in [4.78, 5) is 4.02. The highest BCUT2D eigenvalue weighted by Crippen LogP contribution is 2.19. The van der Waals surface area contributed by atoms with E-state index in [2.05, 4.69) is 27.9 Å². The van der Waals surface area contributed by atoms with Crippen molar-refractivity contribution in [2.75, 3.05) is 17.6 Å². The van der Waals surface area contributed by atoms with E-state index in [0.29, 0.717) is 0 Å². The fraction of sp³-hybridized carbons (Fsp3) is 0.357. The van der Waals surface area contributed by atoms with Crippen LogP contribution in [0.1, 0.15) is 18.4 Å². The third kappa shape index (κ3) is 3.52. The van der Waals surface area contributed by atoms with Crippen molar-refractivity contribution in [2.45, 2.75) is 26.3 Å². The molecule has 2 rings (SSSR count). The Morgan fingerprint density at radius 1 is 1.33 bits per heavy atom. The molecule has 0 saturated heterocycles. The van der Waals surface area contributed by atoms with Gasteiger partial charge in [-0.15, -0.1) is 0 Å². The third-order valence-corrected chi connectivity index (χ3v) is 2.93. The predicted octanol–water partition coefficient (Wildman–Crippen LogP) is 2.67. The van der Waals surface area contributed by atoms with Gasteiger partial charge in [0.25, 0.3) is 0 Å². The lowest BCUT2D eigenvalue weighted by atomic mass is 10.2.